The minimum Gasteiger partial charge on any atom is -0.493 e. The number of hydrogen-bond acceptors (Lipinski definition) is 7. The van der Waals surface area contributed by atoms with Crippen LogP contribution >= 0.6 is 0 Å². The first-order valence-electron chi connectivity index (χ1n) is 11.8. The van der Waals surface area contributed by atoms with E-state index in [1.54, 1.807) is 42.2 Å². The van der Waals surface area contributed by atoms with E-state index in [-0.39, 0.29) is 30.0 Å². The summed E-state index contributed by atoms with van der Waals surface area (Å²) < 4.78 is 21.8. The van der Waals surface area contributed by atoms with E-state index in [1.165, 1.54) is 0 Å². The highest BCUT2D eigenvalue weighted by molar-refractivity contribution is 5.95. The molecule has 0 aliphatic carbocycles. The lowest BCUT2D eigenvalue weighted by Crippen LogP contribution is -2.44. The van der Waals surface area contributed by atoms with Gasteiger partial charge in [-0.15, -0.1) is 0 Å². The molecule has 9 nitrogen and oxygen atoms in total. The van der Waals surface area contributed by atoms with Crippen LogP contribution in [-0.4, -0.2) is 86.6 Å². The zero-order chi connectivity index (χ0) is 25.5. The third kappa shape index (κ3) is 7.77. The predicted octanol–water partition coefficient (Wildman–Crippen LogP) is 3.16. The SMILES string of the molecule is COCCCOc1cc(C(=O)N(C[C@H]2CN(C(=O)OC(C)(C)C)C[C@H]2N)C(C)C)ccc1OC. The number of ether oxygens (including phenoxy) is 4. The van der Waals surface area contributed by atoms with Crippen molar-refractivity contribution < 1.29 is 28.5 Å². The number of amides is 2. The van der Waals surface area contributed by atoms with Gasteiger partial charge in [0.2, 0.25) is 0 Å². The molecule has 34 heavy (non-hydrogen) atoms. The minimum absolute atomic E-state index is 0.0524. The molecule has 0 radical (unpaired) electrons. The van der Waals surface area contributed by atoms with Crippen molar-refractivity contribution in [2.75, 3.05) is 47.1 Å². The Hall–Kier alpha value is -2.52. The molecule has 1 fully saturated rings. The molecule has 1 heterocycles. The molecule has 0 spiro atoms. The third-order valence-corrected chi connectivity index (χ3v) is 5.62. The Labute approximate surface area is 203 Å². The van der Waals surface area contributed by atoms with Gasteiger partial charge in [-0.2, -0.15) is 0 Å². The summed E-state index contributed by atoms with van der Waals surface area (Å²) in [6, 6.07) is 4.90. The van der Waals surface area contributed by atoms with Gasteiger partial charge in [-0.1, -0.05) is 0 Å². The van der Waals surface area contributed by atoms with Gasteiger partial charge in [-0.05, 0) is 52.8 Å². The highest BCUT2D eigenvalue weighted by atomic mass is 16.6. The number of carbonyl (C=O) groups is 2. The lowest BCUT2D eigenvalue weighted by molar-refractivity contribution is 0.0284. The van der Waals surface area contributed by atoms with Crippen molar-refractivity contribution in [2.45, 2.75) is 58.7 Å². The first-order chi connectivity index (χ1) is 16.0. The van der Waals surface area contributed by atoms with Gasteiger partial charge >= 0.3 is 6.09 Å². The van der Waals surface area contributed by atoms with Crippen LogP contribution in [0.4, 0.5) is 4.79 Å². The van der Waals surface area contributed by atoms with Crippen molar-refractivity contribution >= 4 is 12.0 Å². The first kappa shape index (κ1) is 27.7. The molecule has 0 aromatic heterocycles. The molecule has 1 aliphatic rings. The van der Waals surface area contributed by atoms with E-state index in [0.717, 1.165) is 6.42 Å². The van der Waals surface area contributed by atoms with E-state index in [1.807, 2.05) is 34.6 Å². The summed E-state index contributed by atoms with van der Waals surface area (Å²) in [6.07, 6.45) is 0.349. The summed E-state index contributed by atoms with van der Waals surface area (Å²) in [5.74, 6) is 0.905. The topological polar surface area (TPSA) is 104 Å². The van der Waals surface area contributed by atoms with Gasteiger partial charge in [-0.25, -0.2) is 4.79 Å². The molecule has 1 aromatic carbocycles. The van der Waals surface area contributed by atoms with Crippen LogP contribution in [0.3, 0.4) is 0 Å². The second kappa shape index (κ2) is 12.3. The summed E-state index contributed by atoms with van der Waals surface area (Å²) in [6.45, 7) is 11.8. The molecular weight excluding hydrogens is 438 g/mol. The van der Waals surface area contributed by atoms with E-state index >= 15 is 0 Å². The summed E-state index contributed by atoms with van der Waals surface area (Å²) in [5.41, 5.74) is 6.30. The number of nitrogens with zero attached hydrogens (tertiary/aromatic N) is 2. The minimum atomic E-state index is -0.573. The lowest BCUT2D eigenvalue weighted by Gasteiger charge is -2.31. The Morgan fingerprint density at radius 1 is 1.15 bits per heavy atom. The highest BCUT2D eigenvalue weighted by Crippen LogP contribution is 2.29. The highest BCUT2D eigenvalue weighted by Gasteiger charge is 2.37. The fourth-order valence-electron chi connectivity index (χ4n) is 3.82. The molecule has 0 unspecified atom stereocenters. The van der Waals surface area contributed by atoms with Gasteiger partial charge in [0.15, 0.2) is 11.5 Å². The molecular formula is C25H41N3O6. The Kier molecular flexibility index (Phi) is 10.00. The fraction of sp³-hybridized carbons (Fsp3) is 0.680. The molecule has 2 rings (SSSR count). The number of rotatable bonds is 10. The van der Waals surface area contributed by atoms with Crippen molar-refractivity contribution in [3.63, 3.8) is 0 Å². The zero-order valence-electron chi connectivity index (χ0n) is 21.6. The predicted molar refractivity (Wildman–Crippen MR) is 130 cm³/mol. The van der Waals surface area contributed by atoms with Crippen LogP contribution in [0, 0.1) is 5.92 Å². The van der Waals surface area contributed by atoms with E-state index < -0.39 is 5.60 Å². The largest absolute Gasteiger partial charge is 0.493 e. The third-order valence-electron chi connectivity index (χ3n) is 5.62. The molecule has 2 N–H and O–H groups in total. The molecule has 0 bridgehead atoms. The Morgan fingerprint density at radius 3 is 2.44 bits per heavy atom. The zero-order valence-corrected chi connectivity index (χ0v) is 21.6. The summed E-state index contributed by atoms with van der Waals surface area (Å²) >= 11 is 0. The molecule has 2 amide bonds. The number of hydrogen-bond donors (Lipinski definition) is 1. The number of benzene rings is 1. The van der Waals surface area contributed by atoms with Gasteiger partial charge < -0.3 is 34.5 Å². The maximum Gasteiger partial charge on any atom is 0.410 e. The van der Waals surface area contributed by atoms with Crippen molar-refractivity contribution in [3.05, 3.63) is 23.8 Å². The quantitative estimate of drug-likeness (QED) is 0.514. The van der Waals surface area contributed by atoms with Gasteiger partial charge in [0.25, 0.3) is 5.91 Å². The van der Waals surface area contributed by atoms with Crippen LogP contribution in [0.1, 0.15) is 51.4 Å². The van der Waals surface area contributed by atoms with Crippen LogP contribution in [0.5, 0.6) is 11.5 Å². The van der Waals surface area contributed by atoms with Gasteiger partial charge in [-0.3, -0.25) is 4.79 Å². The molecule has 1 aromatic rings. The molecule has 9 heteroatoms. The average molecular weight is 480 g/mol. The van der Waals surface area contributed by atoms with Crippen LogP contribution < -0.4 is 15.2 Å². The Morgan fingerprint density at radius 2 is 1.85 bits per heavy atom. The van der Waals surface area contributed by atoms with Crippen LogP contribution in [0.2, 0.25) is 0 Å². The maximum absolute atomic E-state index is 13.5. The Bertz CT molecular complexity index is 823. The van der Waals surface area contributed by atoms with Crippen molar-refractivity contribution in [3.8, 4) is 11.5 Å². The summed E-state index contributed by atoms with van der Waals surface area (Å²) in [5, 5.41) is 0. The standard InChI is InChI=1S/C25H41N3O6/c1-17(2)28(15-19-14-27(16-20(19)26)24(30)34-25(3,4)5)23(29)18-9-10-21(32-7)22(13-18)33-12-8-11-31-6/h9-10,13,17,19-20H,8,11-12,14-16,26H2,1-7H3/t19-,20-/m1/s1. The fourth-order valence-corrected chi connectivity index (χ4v) is 3.82. The monoisotopic (exact) mass is 479 g/mol. The number of nitrogens with two attached hydrogens (primary N) is 1. The maximum atomic E-state index is 13.5. The van der Waals surface area contributed by atoms with E-state index in [4.69, 9.17) is 24.7 Å². The number of carbonyl (C=O) groups excluding carboxylic acids is 2. The second-order valence-electron chi connectivity index (χ2n) is 9.92. The summed E-state index contributed by atoms with van der Waals surface area (Å²) in [4.78, 5) is 29.4. The number of methoxy groups -OCH3 is 2. The normalized spacial score (nSPS) is 18.2. The molecule has 1 aliphatic heterocycles. The van der Waals surface area contributed by atoms with E-state index in [2.05, 4.69) is 0 Å². The number of likely N-dealkylation sites (tertiary alicyclic amines) is 1. The van der Waals surface area contributed by atoms with E-state index in [9.17, 15) is 9.59 Å². The van der Waals surface area contributed by atoms with Gasteiger partial charge in [0.05, 0.1) is 13.7 Å². The van der Waals surface area contributed by atoms with Gasteiger partial charge in [0, 0.05) is 63.3 Å². The average Bonchev–Trinajstić information content (AvgIpc) is 3.13. The second-order valence-corrected chi connectivity index (χ2v) is 9.92. The van der Waals surface area contributed by atoms with Crippen LogP contribution in [0.25, 0.3) is 0 Å². The van der Waals surface area contributed by atoms with Crippen molar-refractivity contribution in [1.29, 1.82) is 0 Å². The molecule has 2 atom stereocenters. The molecule has 192 valence electrons. The van der Waals surface area contributed by atoms with Crippen LogP contribution in [0.15, 0.2) is 18.2 Å². The first-order valence-corrected chi connectivity index (χ1v) is 11.8. The van der Waals surface area contributed by atoms with E-state index in [0.29, 0.717) is 49.9 Å². The Balaban J connectivity index is 2.13. The van der Waals surface area contributed by atoms with Crippen LogP contribution in [-0.2, 0) is 9.47 Å². The molecule has 0 saturated carbocycles. The van der Waals surface area contributed by atoms with Crippen molar-refractivity contribution in [2.24, 2.45) is 11.7 Å². The lowest BCUT2D eigenvalue weighted by atomic mass is 10.0. The molecule has 1 saturated heterocycles. The summed E-state index contributed by atoms with van der Waals surface area (Å²) in [7, 11) is 3.21. The van der Waals surface area contributed by atoms with Gasteiger partial charge in [0.1, 0.15) is 5.60 Å². The van der Waals surface area contributed by atoms with Crippen molar-refractivity contribution in [1.82, 2.24) is 9.80 Å². The smallest absolute Gasteiger partial charge is 0.410 e.